The maximum absolute atomic E-state index is 12.5. The first-order valence-corrected chi connectivity index (χ1v) is 4.06. The Morgan fingerprint density at radius 1 is 1.15 bits per heavy atom. The summed E-state index contributed by atoms with van der Waals surface area (Å²) in [5.74, 6) is -0.227. The summed E-state index contributed by atoms with van der Waals surface area (Å²) < 4.78 is 22.6. The highest BCUT2D eigenvalue weighted by Crippen LogP contribution is 2.07. The molecule has 0 heterocycles. The monoisotopic (exact) mass is 184 g/mol. The van der Waals surface area contributed by atoms with Crippen LogP contribution in [0.2, 0.25) is 0 Å². The third-order valence-electron chi connectivity index (χ3n) is 1.84. The van der Waals surface area contributed by atoms with Crippen molar-refractivity contribution >= 4 is 0 Å². The molecule has 0 N–H and O–H groups in total. The minimum absolute atomic E-state index is 0.227. The highest BCUT2D eigenvalue weighted by Gasteiger charge is 2.05. The fraction of sp³-hybridized carbons (Fsp3) is 0.400. The van der Waals surface area contributed by atoms with Gasteiger partial charge in [-0.3, -0.25) is 0 Å². The van der Waals surface area contributed by atoms with E-state index in [4.69, 9.17) is 9.47 Å². The van der Waals surface area contributed by atoms with E-state index in [1.807, 2.05) is 0 Å². The van der Waals surface area contributed by atoms with E-state index in [0.717, 1.165) is 5.56 Å². The van der Waals surface area contributed by atoms with Crippen LogP contribution in [0.15, 0.2) is 24.3 Å². The Balaban J connectivity index is 2.58. The second-order valence-electron chi connectivity index (χ2n) is 2.73. The van der Waals surface area contributed by atoms with Gasteiger partial charge in [-0.05, 0) is 17.7 Å². The average molecular weight is 184 g/mol. The van der Waals surface area contributed by atoms with Crippen LogP contribution in [0.1, 0.15) is 5.56 Å². The van der Waals surface area contributed by atoms with Gasteiger partial charge in [0.2, 0.25) is 0 Å². The molecule has 0 spiro atoms. The lowest BCUT2D eigenvalue weighted by Crippen LogP contribution is -2.15. The molecule has 0 fully saturated rings. The van der Waals surface area contributed by atoms with Crippen LogP contribution in [0.25, 0.3) is 0 Å². The number of methoxy groups -OCH3 is 2. The van der Waals surface area contributed by atoms with E-state index >= 15 is 0 Å². The largest absolute Gasteiger partial charge is 0.356 e. The van der Waals surface area contributed by atoms with Gasteiger partial charge in [-0.1, -0.05) is 12.1 Å². The molecule has 3 heteroatoms. The van der Waals surface area contributed by atoms with Crippen LogP contribution >= 0.6 is 0 Å². The normalized spacial score (nSPS) is 10.8. The molecule has 0 aliphatic heterocycles. The number of halogens is 1. The van der Waals surface area contributed by atoms with Gasteiger partial charge in [0.25, 0.3) is 0 Å². The van der Waals surface area contributed by atoms with Crippen molar-refractivity contribution < 1.29 is 13.9 Å². The standard InChI is InChI=1S/C10H13FO2/c1-12-10(13-2)7-8-3-5-9(11)6-4-8/h3-6,10H,7H2,1-2H3. The maximum atomic E-state index is 12.5. The summed E-state index contributed by atoms with van der Waals surface area (Å²) in [4.78, 5) is 0. The molecule has 0 amide bonds. The molecule has 1 aromatic carbocycles. The van der Waals surface area contributed by atoms with Gasteiger partial charge in [0.15, 0.2) is 6.29 Å². The van der Waals surface area contributed by atoms with Crippen molar-refractivity contribution in [3.8, 4) is 0 Å². The zero-order valence-corrected chi connectivity index (χ0v) is 7.79. The second kappa shape index (κ2) is 4.94. The fourth-order valence-corrected chi connectivity index (χ4v) is 1.08. The summed E-state index contributed by atoms with van der Waals surface area (Å²) in [6, 6.07) is 6.30. The second-order valence-corrected chi connectivity index (χ2v) is 2.73. The van der Waals surface area contributed by atoms with Crippen LogP contribution in [0, 0.1) is 5.82 Å². The Bertz CT molecular complexity index is 242. The summed E-state index contributed by atoms with van der Waals surface area (Å²) in [7, 11) is 3.16. The number of hydrogen-bond acceptors (Lipinski definition) is 2. The smallest absolute Gasteiger partial charge is 0.160 e. The van der Waals surface area contributed by atoms with Crippen LogP contribution in [0.3, 0.4) is 0 Å². The minimum Gasteiger partial charge on any atom is -0.356 e. The van der Waals surface area contributed by atoms with Crippen molar-refractivity contribution in [1.82, 2.24) is 0 Å². The predicted molar refractivity (Wildman–Crippen MR) is 47.9 cm³/mol. The molecule has 0 saturated heterocycles. The van der Waals surface area contributed by atoms with Gasteiger partial charge < -0.3 is 9.47 Å². The Morgan fingerprint density at radius 3 is 2.15 bits per heavy atom. The first-order chi connectivity index (χ1) is 6.26. The SMILES string of the molecule is COC(Cc1ccc(F)cc1)OC. The topological polar surface area (TPSA) is 18.5 Å². The number of benzene rings is 1. The minimum atomic E-state index is -0.259. The highest BCUT2D eigenvalue weighted by atomic mass is 19.1. The molecular weight excluding hydrogens is 171 g/mol. The summed E-state index contributed by atoms with van der Waals surface area (Å²) in [5.41, 5.74) is 0.995. The molecule has 72 valence electrons. The van der Waals surface area contributed by atoms with Crippen LogP contribution in [0.4, 0.5) is 4.39 Å². The van der Waals surface area contributed by atoms with Gasteiger partial charge in [-0.25, -0.2) is 4.39 Å². The van der Waals surface area contributed by atoms with E-state index in [1.54, 1.807) is 26.4 Å². The average Bonchev–Trinajstić information content (AvgIpc) is 2.17. The molecule has 0 aromatic heterocycles. The molecular formula is C10H13FO2. The Hall–Kier alpha value is -0.930. The molecule has 0 saturated carbocycles. The molecule has 13 heavy (non-hydrogen) atoms. The molecule has 0 aliphatic carbocycles. The van der Waals surface area contributed by atoms with Gasteiger partial charge in [0.05, 0.1) is 0 Å². The lowest BCUT2D eigenvalue weighted by atomic mass is 10.1. The van der Waals surface area contributed by atoms with Crippen molar-refractivity contribution in [3.05, 3.63) is 35.6 Å². The Morgan fingerprint density at radius 2 is 1.69 bits per heavy atom. The fourth-order valence-electron chi connectivity index (χ4n) is 1.08. The first kappa shape index (κ1) is 10.2. The van der Waals surface area contributed by atoms with Gasteiger partial charge in [-0.2, -0.15) is 0 Å². The van der Waals surface area contributed by atoms with Gasteiger partial charge in [0, 0.05) is 20.6 Å². The summed E-state index contributed by atoms with van der Waals surface area (Å²) in [6.45, 7) is 0. The summed E-state index contributed by atoms with van der Waals surface area (Å²) in [6.07, 6.45) is 0.373. The van der Waals surface area contributed by atoms with E-state index in [2.05, 4.69) is 0 Å². The Labute approximate surface area is 77.3 Å². The summed E-state index contributed by atoms with van der Waals surface area (Å²) in [5, 5.41) is 0. The molecule has 2 nitrogen and oxygen atoms in total. The number of rotatable bonds is 4. The summed E-state index contributed by atoms with van der Waals surface area (Å²) >= 11 is 0. The maximum Gasteiger partial charge on any atom is 0.160 e. The van der Waals surface area contributed by atoms with Crippen molar-refractivity contribution in [1.29, 1.82) is 0 Å². The molecule has 1 aromatic rings. The predicted octanol–water partition coefficient (Wildman–Crippen LogP) is 1.99. The molecule has 0 bridgehead atoms. The van der Waals surface area contributed by atoms with Crippen LogP contribution in [0.5, 0.6) is 0 Å². The van der Waals surface area contributed by atoms with E-state index in [9.17, 15) is 4.39 Å². The van der Waals surface area contributed by atoms with E-state index in [-0.39, 0.29) is 12.1 Å². The lowest BCUT2D eigenvalue weighted by molar-refractivity contribution is -0.100. The molecule has 0 unspecified atom stereocenters. The van der Waals surface area contributed by atoms with Gasteiger partial charge >= 0.3 is 0 Å². The van der Waals surface area contributed by atoms with Crippen molar-refractivity contribution in [2.45, 2.75) is 12.7 Å². The third kappa shape index (κ3) is 3.13. The quantitative estimate of drug-likeness (QED) is 0.666. The third-order valence-corrected chi connectivity index (χ3v) is 1.84. The lowest BCUT2D eigenvalue weighted by Gasteiger charge is -2.12. The van der Waals surface area contributed by atoms with Crippen molar-refractivity contribution in [3.63, 3.8) is 0 Å². The molecule has 0 aliphatic rings. The zero-order chi connectivity index (χ0) is 9.68. The van der Waals surface area contributed by atoms with Crippen molar-refractivity contribution in [2.24, 2.45) is 0 Å². The zero-order valence-electron chi connectivity index (χ0n) is 7.79. The van der Waals surface area contributed by atoms with E-state index < -0.39 is 0 Å². The van der Waals surface area contributed by atoms with E-state index in [1.165, 1.54) is 12.1 Å². The van der Waals surface area contributed by atoms with Crippen molar-refractivity contribution in [2.75, 3.05) is 14.2 Å². The Kier molecular flexibility index (Phi) is 3.86. The molecule has 0 radical (unpaired) electrons. The first-order valence-electron chi connectivity index (χ1n) is 4.06. The van der Waals surface area contributed by atoms with Crippen LogP contribution < -0.4 is 0 Å². The van der Waals surface area contributed by atoms with Crippen LogP contribution in [-0.2, 0) is 15.9 Å². The highest BCUT2D eigenvalue weighted by molar-refractivity contribution is 5.16. The number of hydrogen-bond donors (Lipinski definition) is 0. The van der Waals surface area contributed by atoms with E-state index in [0.29, 0.717) is 6.42 Å². The molecule has 1 rings (SSSR count). The van der Waals surface area contributed by atoms with Gasteiger partial charge in [-0.15, -0.1) is 0 Å². The molecule has 0 atom stereocenters. The number of ether oxygens (including phenoxy) is 2. The van der Waals surface area contributed by atoms with Crippen LogP contribution in [-0.4, -0.2) is 20.5 Å². The van der Waals surface area contributed by atoms with Gasteiger partial charge in [0.1, 0.15) is 5.82 Å².